The summed E-state index contributed by atoms with van der Waals surface area (Å²) in [5.74, 6) is -6.91. The third-order valence-corrected chi connectivity index (χ3v) is 12.4. The molecule has 0 aromatic heterocycles. The highest BCUT2D eigenvalue weighted by Crippen LogP contribution is 2.55. The molecular formula is C46H63N3O12. The van der Waals surface area contributed by atoms with Crippen molar-refractivity contribution in [2.24, 2.45) is 28.8 Å². The Balaban J connectivity index is 1.69. The number of nitrogens with zero attached hydrogens (tertiary/aromatic N) is 2. The first kappa shape index (κ1) is 46.9. The van der Waals surface area contributed by atoms with Crippen molar-refractivity contribution in [3.05, 3.63) is 52.8 Å². The third kappa shape index (κ3) is 10.2. The van der Waals surface area contributed by atoms with Crippen LogP contribution in [0.5, 0.6) is 23.0 Å². The second-order valence-electron chi connectivity index (χ2n) is 17.1. The maximum Gasteiger partial charge on any atom is 0.312 e. The second kappa shape index (κ2) is 19.7. The number of phenols is 3. The molecule has 0 radical (unpaired) electrons. The van der Waals surface area contributed by atoms with Gasteiger partial charge in [0.1, 0.15) is 23.4 Å². The lowest BCUT2D eigenvalue weighted by atomic mass is 9.83. The predicted molar refractivity (Wildman–Crippen MR) is 231 cm³/mol. The van der Waals surface area contributed by atoms with E-state index >= 15 is 0 Å². The van der Waals surface area contributed by atoms with Crippen LogP contribution in [-0.4, -0.2) is 105 Å². The van der Waals surface area contributed by atoms with E-state index < -0.39 is 82.9 Å². The van der Waals surface area contributed by atoms with Crippen LogP contribution >= 0.6 is 0 Å². The zero-order chi connectivity index (χ0) is 44.9. The molecule has 9 unspecified atom stereocenters. The standard InChI is InChI=1S/C46H63N3O12/c1-24-14-10-11-19-49(20-13-15-24)47-23-31-38-41(55)36-35(40(31)54)37-43(29(6)39(36)53)61-46(8,44(37)56)59-21-18-34(58-9)28(5)42(60-30(7)50)27(4)33(52)22-32(51)25(2)16-12-17-26(3)45(57)48-38/h12,16-18,21,23-25,27-28,32-34,42,51-55H,10-11,13-15,19-20,22H2,1-9H3,(H,48,57). The molecule has 6 rings (SSSR count). The van der Waals surface area contributed by atoms with E-state index in [1.54, 1.807) is 32.9 Å². The number of hydrazone groups is 1. The Kier molecular flexibility index (Phi) is 15.2. The minimum absolute atomic E-state index is 0.0608. The molecule has 0 aliphatic carbocycles. The molecule has 15 heteroatoms. The minimum Gasteiger partial charge on any atom is -0.507 e. The van der Waals surface area contributed by atoms with Crippen LogP contribution in [0.25, 0.3) is 10.8 Å². The molecule has 0 spiro atoms. The fourth-order valence-electron chi connectivity index (χ4n) is 8.35. The van der Waals surface area contributed by atoms with Crippen LogP contribution in [0.2, 0.25) is 0 Å². The van der Waals surface area contributed by atoms with Gasteiger partial charge in [-0.2, -0.15) is 5.10 Å². The highest BCUT2D eigenvalue weighted by atomic mass is 16.7. The summed E-state index contributed by atoms with van der Waals surface area (Å²) >= 11 is 0. The fraction of sp³-hybridized carbons (Fsp3) is 0.565. The summed E-state index contributed by atoms with van der Waals surface area (Å²) in [7, 11) is 1.44. The summed E-state index contributed by atoms with van der Waals surface area (Å²) in [6.07, 6.45) is 9.92. The number of phenolic OH excluding ortho intramolecular Hbond substituents is 3. The molecule has 2 aromatic carbocycles. The van der Waals surface area contributed by atoms with Gasteiger partial charge in [-0.1, -0.05) is 58.8 Å². The van der Waals surface area contributed by atoms with Crippen molar-refractivity contribution in [1.29, 1.82) is 0 Å². The van der Waals surface area contributed by atoms with E-state index in [-0.39, 0.29) is 50.9 Å². The smallest absolute Gasteiger partial charge is 0.312 e. The number of Topliss-reactive ketones (excluding diaryl/α,β-unsaturated/α-hetero) is 1. The number of hydrogen-bond acceptors (Lipinski definition) is 14. The monoisotopic (exact) mass is 849 g/mol. The zero-order valence-electron chi connectivity index (χ0n) is 36.7. The Hall–Kier alpha value is -5.12. The number of esters is 1. The Labute approximate surface area is 357 Å². The molecule has 15 nitrogen and oxygen atoms in total. The van der Waals surface area contributed by atoms with Crippen molar-refractivity contribution in [3.63, 3.8) is 0 Å². The average molecular weight is 850 g/mol. The lowest BCUT2D eigenvalue weighted by Crippen LogP contribution is -2.43. The van der Waals surface area contributed by atoms with Gasteiger partial charge in [-0.3, -0.25) is 19.4 Å². The number of aliphatic hydroxyl groups excluding tert-OH is 2. The van der Waals surface area contributed by atoms with Gasteiger partial charge in [0.25, 0.3) is 11.7 Å². The van der Waals surface area contributed by atoms with E-state index in [0.717, 1.165) is 32.1 Å². The first-order valence-corrected chi connectivity index (χ1v) is 21.2. The van der Waals surface area contributed by atoms with Crippen LogP contribution in [-0.2, 0) is 23.8 Å². The number of fused-ring (bicyclic) bond motifs is 14. The van der Waals surface area contributed by atoms with Crippen LogP contribution < -0.4 is 10.1 Å². The molecule has 9 atom stereocenters. The van der Waals surface area contributed by atoms with Crippen LogP contribution in [0.1, 0.15) is 108 Å². The fourth-order valence-corrected chi connectivity index (χ4v) is 8.35. The maximum atomic E-state index is 14.5. The molecule has 1 amide bonds. The summed E-state index contributed by atoms with van der Waals surface area (Å²) in [5.41, 5.74) is -0.276. The first-order valence-electron chi connectivity index (χ1n) is 21.2. The van der Waals surface area contributed by atoms with E-state index in [0.29, 0.717) is 19.0 Å². The lowest BCUT2D eigenvalue weighted by molar-refractivity contribution is -0.158. The number of carbonyl (C=O) groups excluding carboxylic acids is 3. The molecule has 334 valence electrons. The number of rotatable bonds is 4. The molecule has 61 heavy (non-hydrogen) atoms. The number of amides is 1. The largest absolute Gasteiger partial charge is 0.507 e. The number of nitrogens with one attached hydrogen (secondary N) is 1. The van der Waals surface area contributed by atoms with Gasteiger partial charge in [0, 0.05) is 74.7 Å². The summed E-state index contributed by atoms with van der Waals surface area (Å²) < 4.78 is 23.6. The van der Waals surface area contributed by atoms with Gasteiger partial charge >= 0.3 is 11.8 Å². The van der Waals surface area contributed by atoms with Gasteiger partial charge in [-0.05, 0) is 45.1 Å². The Morgan fingerprint density at radius 2 is 1.64 bits per heavy atom. The molecule has 1 saturated heterocycles. The van der Waals surface area contributed by atoms with Gasteiger partial charge in [0.2, 0.25) is 0 Å². The summed E-state index contributed by atoms with van der Waals surface area (Å²) in [6, 6.07) is 0. The van der Waals surface area contributed by atoms with E-state index in [2.05, 4.69) is 12.2 Å². The van der Waals surface area contributed by atoms with Crippen molar-refractivity contribution in [3.8, 4) is 23.0 Å². The van der Waals surface area contributed by atoms with Crippen LogP contribution in [0.15, 0.2) is 41.2 Å². The van der Waals surface area contributed by atoms with Crippen molar-refractivity contribution in [2.45, 2.75) is 124 Å². The number of anilines is 1. The number of carbonyl (C=O) groups is 3. The highest BCUT2D eigenvalue weighted by Gasteiger charge is 2.50. The molecule has 4 heterocycles. The van der Waals surface area contributed by atoms with Crippen molar-refractivity contribution < 1.29 is 58.9 Å². The average Bonchev–Trinajstić information content (AvgIpc) is 3.53. The Bertz CT molecular complexity index is 2100. The number of ketones is 1. The molecule has 4 aliphatic heterocycles. The molecule has 5 bridgehead atoms. The van der Waals surface area contributed by atoms with Gasteiger partial charge in [0.05, 0.1) is 53.0 Å². The maximum absolute atomic E-state index is 14.5. The first-order chi connectivity index (χ1) is 28.8. The molecule has 6 N–H and O–H groups in total. The van der Waals surface area contributed by atoms with Crippen LogP contribution in [0.3, 0.4) is 0 Å². The number of hydrogen-bond donors (Lipinski definition) is 6. The molecule has 0 saturated carbocycles. The SMILES string of the molecule is COC1C=COC2(C)Oc3c(C)c(O)c4c(O)c(c(C=NN5CCCCC(C)CCC5)c(O)c4c3C2=O)NC(=O)C(C)=CC=CC(C)C(O)CC(O)C(C)C(OC(C)=O)C1C. The van der Waals surface area contributed by atoms with E-state index in [1.165, 1.54) is 59.4 Å². The summed E-state index contributed by atoms with van der Waals surface area (Å²) in [4.78, 5) is 40.6. The van der Waals surface area contributed by atoms with Crippen LogP contribution in [0.4, 0.5) is 5.69 Å². The minimum atomic E-state index is -2.04. The molecule has 1 fully saturated rings. The normalized spacial score (nSPS) is 29.8. The van der Waals surface area contributed by atoms with E-state index in [9.17, 15) is 39.9 Å². The quantitative estimate of drug-likeness (QED) is 0.0814. The molecular weight excluding hydrogens is 787 g/mol. The number of ether oxygens (including phenoxy) is 4. The second-order valence-corrected chi connectivity index (χ2v) is 17.1. The Morgan fingerprint density at radius 3 is 2.33 bits per heavy atom. The van der Waals surface area contributed by atoms with E-state index in [1.807, 2.05) is 5.01 Å². The number of aliphatic hydroxyl groups is 2. The number of aromatic hydroxyl groups is 3. The molecule has 2 aromatic rings. The summed E-state index contributed by atoms with van der Waals surface area (Å²) in [6.45, 7) is 14.4. The van der Waals surface area contributed by atoms with Gasteiger partial charge < -0.3 is 49.8 Å². The Morgan fingerprint density at radius 1 is 0.951 bits per heavy atom. The molecule has 4 aliphatic rings. The number of benzene rings is 2. The third-order valence-electron chi connectivity index (χ3n) is 12.4. The predicted octanol–water partition coefficient (Wildman–Crippen LogP) is 6.74. The number of methoxy groups -OCH3 is 1. The van der Waals surface area contributed by atoms with Gasteiger partial charge in [-0.15, -0.1) is 0 Å². The number of allylic oxidation sites excluding steroid dienone is 2. The van der Waals surface area contributed by atoms with E-state index in [4.69, 9.17) is 24.0 Å². The van der Waals surface area contributed by atoms with Crippen molar-refractivity contribution in [1.82, 2.24) is 5.01 Å². The van der Waals surface area contributed by atoms with Crippen molar-refractivity contribution in [2.75, 3.05) is 25.5 Å². The highest BCUT2D eigenvalue weighted by molar-refractivity contribution is 6.23. The lowest BCUT2D eigenvalue weighted by Gasteiger charge is -2.35. The van der Waals surface area contributed by atoms with Gasteiger partial charge in [-0.25, -0.2) is 0 Å². The summed E-state index contributed by atoms with van der Waals surface area (Å²) in [5, 5.41) is 67.0. The van der Waals surface area contributed by atoms with Crippen LogP contribution in [0, 0.1) is 30.6 Å². The zero-order valence-corrected chi connectivity index (χ0v) is 36.7. The topological polar surface area (TPSA) is 217 Å². The van der Waals surface area contributed by atoms with Crippen molar-refractivity contribution >= 4 is 40.3 Å². The van der Waals surface area contributed by atoms with Gasteiger partial charge in [0.15, 0.2) is 5.75 Å².